The lowest BCUT2D eigenvalue weighted by Crippen LogP contribution is -2.39. The molecule has 0 radical (unpaired) electrons. The first-order valence-corrected chi connectivity index (χ1v) is 7.03. The smallest absolute Gasteiger partial charge is 0.335 e. The van der Waals surface area contributed by atoms with Gasteiger partial charge >= 0.3 is 11.9 Å². The van der Waals surface area contributed by atoms with Gasteiger partial charge in [0.05, 0.1) is 11.1 Å². The van der Waals surface area contributed by atoms with Crippen molar-refractivity contribution in [3.05, 3.63) is 34.9 Å². The Balaban J connectivity index is 0.000000404. The molecule has 0 spiro atoms. The lowest BCUT2D eigenvalue weighted by molar-refractivity contribution is 0.0695. The molecule has 0 atom stereocenters. The number of piperazine rings is 1. The minimum atomic E-state index is -1.12. The number of hydrogen-bond donors (Lipinski definition) is 5. The summed E-state index contributed by atoms with van der Waals surface area (Å²) < 4.78 is 0. The largest absolute Gasteiger partial charge is 0.478 e. The number of carbonyl (C=O) groups is 2. The van der Waals surface area contributed by atoms with Crippen LogP contribution in [0.25, 0.3) is 0 Å². The molecule has 1 aromatic rings. The van der Waals surface area contributed by atoms with Crippen LogP contribution in [0.15, 0.2) is 18.2 Å². The van der Waals surface area contributed by atoms with Crippen molar-refractivity contribution in [2.24, 2.45) is 0 Å². The fraction of sp³-hybridized carbons (Fsp3) is 0.467. The van der Waals surface area contributed by atoms with E-state index in [1.807, 2.05) is 0 Å². The predicted molar refractivity (Wildman–Crippen MR) is 83.6 cm³/mol. The normalized spacial score (nSPS) is 13.0. The zero-order valence-electron chi connectivity index (χ0n) is 12.9. The van der Waals surface area contributed by atoms with Crippen LogP contribution in [0.4, 0.5) is 0 Å². The van der Waals surface area contributed by atoms with Crippen LogP contribution in [0.3, 0.4) is 0 Å². The maximum atomic E-state index is 10.6. The first kappa shape index (κ1) is 20.0. The van der Waals surface area contributed by atoms with Crippen LogP contribution < -0.4 is 10.6 Å². The number of aliphatic hydroxyl groups is 1. The van der Waals surface area contributed by atoms with Crippen molar-refractivity contribution in [2.45, 2.75) is 13.8 Å². The maximum absolute atomic E-state index is 10.6. The van der Waals surface area contributed by atoms with Gasteiger partial charge in [-0.1, -0.05) is 6.07 Å². The highest BCUT2D eigenvalue weighted by molar-refractivity contribution is 5.94. The van der Waals surface area contributed by atoms with E-state index in [0.717, 1.165) is 32.2 Å². The molecule has 7 heteroatoms. The van der Waals surface area contributed by atoms with E-state index in [0.29, 0.717) is 5.56 Å². The highest BCUT2D eigenvalue weighted by Crippen LogP contribution is 2.11. The van der Waals surface area contributed by atoms with E-state index in [2.05, 4.69) is 10.6 Å². The molecule has 22 heavy (non-hydrogen) atoms. The first-order chi connectivity index (χ1) is 10.4. The molecular formula is C15H24N2O5. The van der Waals surface area contributed by atoms with Crippen molar-refractivity contribution in [1.82, 2.24) is 10.6 Å². The van der Waals surface area contributed by atoms with Crippen molar-refractivity contribution in [3.63, 3.8) is 0 Å². The van der Waals surface area contributed by atoms with Gasteiger partial charge in [-0.25, -0.2) is 9.59 Å². The molecular weight excluding hydrogens is 288 g/mol. The quantitative estimate of drug-likeness (QED) is 0.541. The van der Waals surface area contributed by atoms with E-state index in [1.54, 1.807) is 13.8 Å². The summed E-state index contributed by atoms with van der Waals surface area (Å²) in [4.78, 5) is 21.1. The fourth-order valence-corrected chi connectivity index (χ4v) is 1.59. The average Bonchev–Trinajstić information content (AvgIpc) is 2.50. The van der Waals surface area contributed by atoms with Gasteiger partial charge in [0.15, 0.2) is 0 Å². The van der Waals surface area contributed by atoms with Crippen LogP contribution in [-0.2, 0) is 0 Å². The third-order valence-corrected chi connectivity index (χ3v) is 2.67. The van der Waals surface area contributed by atoms with Gasteiger partial charge in [0.2, 0.25) is 0 Å². The van der Waals surface area contributed by atoms with Gasteiger partial charge in [-0.3, -0.25) is 0 Å². The van der Waals surface area contributed by atoms with Crippen molar-refractivity contribution in [1.29, 1.82) is 0 Å². The molecule has 0 saturated carbocycles. The molecule has 2 rings (SSSR count). The van der Waals surface area contributed by atoms with E-state index in [9.17, 15) is 9.59 Å². The van der Waals surface area contributed by atoms with Crippen LogP contribution in [0.2, 0.25) is 0 Å². The molecule has 1 fully saturated rings. The van der Waals surface area contributed by atoms with Gasteiger partial charge in [-0.05, 0) is 31.5 Å². The third-order valence-electron chi connectivity index (χ3n) is 2.67. The van der Waals surface area contributed by atoms with Crippen LogP contribution in [0.1, 0.15) is 33.2 Å². The van der Waals surface area contributed by atoms with E-state index in [-0.39, 0.29) is 17.7 Å². The molecule has 7 nitrogen and oxygen atoms in total. The molecule has 1 saturated heterocycles. The lowest BCUT2D eigenvalue weighted by atomic mass is 10.1. The highest BCUT2D eigenvalue weighted by Gasteiger charge is 2.10. The van der Waals surface area contributed by atoms with Crippen LogP contribution >= 0.6 is 0 Å². The van der Waals surface area contributed by atoms with Crippen LogP contribution in [0, 0.1) is 6.92 Å². The number of carboxylic acids is 2. The van der Waals surface area contributed by atoms with E-state index >= 15 is 0 Å². The van der Waals surface area contributed by atoms with Gasteiger partial charge in [0.1, 0.15) is 0 Å². The molecule has 0 aromatic heterocycles. The number of rotatable bonds is 2. The van der Waals surface area contributed by atoms with Gasteiger partial charge < -0.3 is 26.0 Å². The van der Waals surface area contributed by atoms with Gasteiger partial charge in [-0.2, -0.15) is 0 Å². The maximum Gasteiger partial charge on any atom is 0.335 e. The molecule has 1 aromatic carbocycles. The predicted octanol–water partition coefficient (Wildman–Crippen LogP) is 0.569. The van der Waals surface area contributed by atoms with Gasteiger partial charge in [0, 0.05) is 32.8 Å². The topological polar surface area (TPSA) is 119 Å². The second-order valence-electron chi connectivity index (χ2n) is 4.46. The number of hydrogen-bond acceptors (Lipinski definition) is 5. The second kappa shape index (κ2) is 11.7. The van der Waals surface area contributed by atoms with Crippen molar-refractivity contribution < 1.29 is 24.9 Å². The minimum absolute atomic E-state index is 0.0111. The van der Waals surface area contributed by atoms with E-state index in [4.69, 9.17) is 15.3 Å². The summed E-state index contributed by atoms with van der Waals surface area (Å²) >= 11 is 0. The van der Waals surface area contributed by atoms with E-state index < -0.39 is 11.9 Å². The van der Waals surface area contributed by atoms with Crippen LogP contribution in [0.5, 0.6) is 0 Å². The Labute approximate surface area is 130 Å². The number of aromatic carboxylic acids is 2. The standard InChI is InChI=1S/C9H8O4.C4H10N2.C2H6O/c1-5-2-3-6(8(10)11)4-7(5)9(12)13;1-2-6-4-3-5-1;1-2-3/h2-4H,1H3,(H,10,11)(H,12,13);5-6H,1-4H2;3H,2H2,1H3. The molecule has 1 aliphatic rings. The summed E-state index contributed by atoms with van der Waals surface area (Å²) in [6.45, 7) is 8.11. The number of nitrogens with one attached hydrogen (secondary N) is 2. The Morgan fingerprint density at radius 2 is 1.50 bits per heavy atom. The zero-order valence-corrected chi connectivity index (χ0v) is 12.9. The van der Waals surface area contributed by atoms with Crippen molar-refractivity contribution in [3.8, 4) is 0 Å². The summed E-state index contributed by atoms with van der Waals surface area (Å²) in [5.41, 5.74) is 0.570. The molecule has 0 bridgehead atoms. The summed E-state index contributed by atoms with van der Waals surface area (Å²) in [6.07, 6.45) is 0. The monoisotopic (exact) mass is 312 g/mol. The fourth-order valence-electron chi connectivity index (χ4n) is 1.59. The molecule has 1 aliphatic heterocycles. The zero-order chi connectivity index (χ0) is 17.0. The summed E-state index contributed by atoms with van der Waals surface area (Å²) in [7, 11) is 0. The Hall–Kier alpha value is -1.96. The average molecular weight is 312 g/mol. The Kier molecular flexibility index (Phi) is 10.6. The van der Waals surface area contributed by atoms with Crippen LogP contribution in [-0.4, -0.2) is 60.0 Å². The van der Waals surface area contributed by atoms with Crippen molar-refractivity contribution in [2.75, 3.05) is 32.8 Å². The number of aryl methyl sites for hydroxylation is 1. The molecule has 0 unspecified atom stereocenters. The summed E-state index contributed by atoms with van der Waals surface area (Å²) in [6, 6.07) is 4.01. The van der Waals surface area contributed by atoms with Crippen molar-refractivity contribution >= 4 is 11.9 Å². The third kappa shape index (κ3) is 8.35. The Morgan fingerprint density at radius 1 is 1.05 bits per heavy atom. The van der Waals surface area contributed by atoms with Gasteiger partial charge in [-0.15, -0.1) is 0 Å². The van der Waals surface area contributed by atoms with Gasteiger partial charge in [0.25, 0.3) is 0 Å². The first-order valence-electron chi connectivity index (χ1n) is 7.03. The lowest BCUT2D eigenvalue weighted by Gasteiger charge is -2.11. The number of carboxylic acid groups (broad SMARTS) is 2. The SMILES string of the molecule is C1CNCCN1.CCO.Cc1ccc(C(=O)O)cc1C(=O)O. The Bertz CT molecular complexity index is 461. The molecule has 5 N–H and O–H groups in total. The van der Waals surface area contributed by atoms with E-state index in [1.165, 1.54) is 12.1 Å². The highest BCUT2D eigenvalue weighted by atomic mass is 16.4. The number of aliphatic hydroxyl groups excluding tert-OH is 1. The summed E-state index contributed by atoms with van der Waals surface area (Å²) in [5.74, 6) is -2.23. The molecule has 0 aliphatic carbocycles. The molecule has 0 amide bonds. The minimum Gasteiger partial charge on any atom is -0.478 e. The number of benzene rings is 1. The second-order valence-corrected chi connectivity index (χ2v) is 4.46. The molecule has 1 heterocycles. The molecule has 124 valence electrons. The summed E-state index contributed by atoms with van der Waals surface area (Å²) in [5, 5.41) is 31.3. The Morgan fingerprint density at radius 3 is 1.82 bits per heavy atom.